The first-order valence-electron chi connectivity index (χ1n) is 11.8. The van der Waals surface area contributed by atoms with Crippen LogP contribution in [0.3, 0.4) is 0 Å². The predicted molar refractivity (Wildman–Crippen MR) is 125 cm³/mol. The van der Waals surface area contributed by atoms with Crippen molar-refractivity contribution >= 4 is 15.9 Å². The number of carbonyl (C=O) groups excluding carboxylic acids is 1. The highest BCUT2D eigenvalue weighted by molar-refractivity contribution is 7.89. The molecule has 0 aromatic heterocycles. The summed E-state index contributed by atoms with van der Waals surface area (Å²) in [6, 6.07) is 2.05. The fraction of sp³-hybridized carbons (Fsp3) is 0.708. The number of likely N-dealkylation sites (tertiary alicyclic amines) is 1. The fourth-order valence-electron chi connectivity index (χ4n) is 4.90. The molecule has 2 heterocycles. The summed E-state index contributed by atoms with van der Waals surface area (Å²) in [5, 5.41) is 3.09. The molecule has 0 aliphatic carbocycles. The van der Waals surface area contributed by atoms with E-state index in [1.54, 1.807) is 4.31 Å². The lowest BCUT2D eigenvalue weighted by Crippen LogP contribution is -2.44. The van der Waals surface area contributed by atoms with Crippen molar-refractivity contribution in [3.8, 4) is 0 Å². The third-order valence-corrected chi connectivity index (χ3v) is 9.32. The maximum absolute atomic E-state index is 13.4. The number of rotatable bonds is 6. The highest BCUT2D eigenvalue weighted by Crippen LogP contribution is 2.31. The molecule has 3 rings (SSSR count). The molecule has 174 valence electrons. The second kappa shape index (κ2) is 10.5. The normalized spacial score (nSPS) is 19.9. The Morgan fingerprint density at radius 1 is 0.935 bits per heavy atom. The number of piperidine rings is 1. The molecule has 0 spiro atoms. The Morgan fingerprint density at radius 3 is 2.03 bits per heavy atom. The monoisotopic (exact) mass is 449 g/mol. The van der Waals surface area contributed by atoms with Crippen molar-refractivity contribution < 1.29 is 13.2 Å². The molecule has 2 aliphatic heterocycles. The topological polar surface area (TPSA) is 69.7 Å². The van der Waals surface area contributed by atoms with Gasteiger partial charge in [0.2, 0.25) is 15.9 Å². The van der Waals surface area contributed by atoms with E-state index in [9.17, 15) is 13.2 Å². The van der Waals surface area contributed by atoms with Crippen LogP contribution >= 0.6 is 0 Å². The van der Waals surface area contributed by atoms with Gasteiger partial charge in [0.05, 0.1) is 4.90 Å². The third kappa shape index (κ3) is 5.68. The maximum atomic E-state index is 13.4. The molecule has 0 unspecified atom stereocenters. The SMILES string of the molecule is Cc1cc(C)c(C)c(S(=O)(=O)N2CCC(C(=O)NCCN3CCCCCC3)CC2)c1C. The van der Waals surface area contributed by atoms with Crippen molar-refractivity contribution in [3.05, 3.63) is 28.3 Å². The lowest BCUT2D eigenvalue weighted by Gasteiger charge is -2.32. The maximum Gasteiger partial charge on any atom is 0.243 e. The molecule has 1 N–H and O–H groups in total. The summed E-state index contributed by atoms with van der Waals surface area (Å²) in [6.45, 7) is 12.3. The van der Waals surface area contributed by atoms with Gasteiger partial charge in [-0.25, -0.2) is 8.42 Å². The Hall–Kier alpha value is -1.44. The van der Waals surface area contributed by atoms with Crippen LogP contribution in [0.1, 0.15) is 60.8 Å². The van der Waals surface area contributed by atoms with Crippen molar-refractivity contribution in [1.82, 2.24) is 14.5 Å². The first kappa shape index (κ1) is 24.2. The van der Waals surface area contributed by atoms with Crippen molar-refractivity contribution in [2.24, 2.45) is 5.92 Å². The molecule has 1 aromatic carbocycles. The van der Waals surface area contributed by atoms with Gasteiger partial charge in [-0.1, -0.05) is 18.9 Å². The van der Waals surface area contributed by atoms with E-state index in [4.69, 9.17) is 0 Å². The first-order valence-corrected chi connectivity index (χ1v) is 13.2. The number of nitrogens with zero attached hydrogens (tertiary/aromatic N) is 2. The molecule has 31 heavy (non-hydrogen) atoms. The van der Waals surface area contributed by atoms with Crippen molar-refractivity contribution in [1.29, 1.82) is 0 Å². The zero-order valence-corrected chi connectivity index (χ0v) is 20.5. The van der Waals surface area contributed by atoms with Gasteiger partial charge in [-0.3, -0.25) is 4.79 Å². The van der Waals surface area contributed by atoms with E-state index in [0.29, 0.717) is 37.4 Å². The van der Waals surface area contributed by atoms with E-state index in [1.165, 1.54) is 25.7 Å². The molecule has 7 heteroatoms. The van der Waals surface area contributed by atoms with Gasteiger partial charge in [-0.05, 0) is 88.7 Å². The Morgan fingerprint density at radius 2 is 1.48 bits per heavy atom. The highest BCUT2D eigenvalue weighted by Gasteiger charge is 2.34. The van der Waals surface area contributed by atoms with Crippen molar-refractivity contribution in [2.45, 2.75) is 71.1 Å². The number of sulfonamides is 1. The van der Waals surface area contributed by atoms with Crippen LogP contribution in [0.5, 0.6) is 0 Å². The minimum atomic E-state index is -3.56. The van der Waals surface area contributed by atoms with E-state index in [-0.39, 0.29) is 11.8 Å². The molecule has 1 amide bonds. The lowest BCUT2D eigenvalue weighted by atomic mass is 9.97. The number of hydrogen-bond acceptors (Lipinski definition) is 4. The number of nitrogens with one attached hydrogen (secondary N) is 1. The minimum absolute atomic E-state index is 0.0747. The Balaban J connectivity index is 1.55. The average molecular weight is 450 g/mol. The predicted octanol–water partition coefficient (Wildman–Crippen LogP) is 3.31. The summed E-state index contributed by atoms with van der Waals surface area (Å²) >= 11 is 0. The van der Waals surface area contributed by atoms with Crippen LogP contribution in [0.2, 0.25) is 0 Å². The Kier molecular flexibility index (Phi) is 8.16. The highest BCUT2D eigenvalue weighted by atomic mass is 32.2. The summed E-state index contributed by atoms with van der Waals surface area (Å²) in [5.41, 5.74) is 3.66. The largest absolute Gasteiger partial charge is 0.355 e. The van der Waals surface area contributed by atoms with Crippen LogP contribution in [-0.2, 0) is 14.8 Å². The van der Waals surface area contributed by atoms with Gasteiger partial charge in [0.15, 0.2) is 0 Å². The summed E-state index contributed by atoms with van der Waals surface area (Å²) in [5.74, 6) is -0.0253. The van der Waals surface area contributed by atoms with Crippen molar-refractivity contribution in [3.63, 3.8) is 0 Å². The van der Waals surface area contributed by atoms with Gasteiger partial charge in [0.25, 0.3) is 0 Å². The van der Waals surface area contributed by atoms with Gasteiger partial charge < -0.3 is 10.2 Å². The average Bonchev–Trinajstić information content (AvgIpc) is 3.01. The zero-order chi connectivity index (χ0) is 22.6. The summed E-state index contributed by atoms with van der Waals surface area (Å²) in [4.78, 5) is 15.5. The molecule has 0 saturated carbocycles. The van der Waals surface area contributed by atoms with E-state index >= 15 is 0 Å². The van der Waals surface area contributed by atoms with E-state index in [0.717, 1.165) is 41.9 Å². The quantitative estimate of drug-likeness (QED) is 0.723. The molecule has 0 bridgehead atoms. The van der Waals surface area contributed by atoms with Crippen LogP contribution in [-0.4, -0.2) is 62.8 Å². The summed E-state index contributed by atoms with van der Waals surface area (Å²) in [7, 11) is -3.56. The molecular weight excluding hydrogens is 410 g/mol. The van der Waals surface area contributed by atoms with Gasteiger partial charge in [-0.2, -0.15) is 4.31 Å². The summed E-state index contributed by atoms with van der Waals surface area (Å²) in [6.07, 6.45) is 6.28. The van der Waals surface area contributed by atoms with Crippen LogP contribution < -0.4 is 5.32 Å². The molecule has 2 aliphatic rings. The second-order valence-corrected chi connectivity index (χ2v) is 11.2. The van der Waals surface area contributed by atoms with E-state index in [2.05, 4.69) is 10.2 Å². The van der Waals surface area contributed by atoms with E-state index < -0.39 is 10.0 Å². The van der Waals surface area contributed by atoms with Crippen LogP contribution in [0.25, 0.3) is 0 Å². The van der Waals surface area contributed by atoms with Gasteiger partial charge in [0.1, 0.15) is 0 Å². The number of aryl methyl sites for hydroxylation is 2. The molecule has 1 aromatic rings. The minimum Gasteiger partial charge on any atom is -0.355 e. The number of carbonyl (C=O) groups is 1. The molecule has 0 radical (unpaired) electrons. The molecule has 0 atom stereocenters. The van der Waals surface area contributed by atoms with Gasteiger partial charge in [-0.15, -0.1) is 0 Å². The smallest absolute Gasteiger partial charge is 0.243 e. The zero-order valence-electron chi connectivity index (χ0n) is 19.7. The summed E-state index contributed by atoms with van der Waals surface area (Å²) < 4.78 is 28.4. The van der Waals surface area contributed by atoms with Crippen LogP contribution in [0, 0.1) is 33.6 Å². The first-order chi connectivity index (χ1) is 14.7. The van der Waals surface area contributed by atoms with Crippen molar-refractivity contribution in [2.75, 3.05) is 39.3 Å². The van der Waals surface area contributed by atoms with E-state index in [1.807, 2.05) is 33.8 Å². The number of amides is 1. The molecular formula is C24H39N3O3S. The van der Waals surface area contributed by atoms with Gasteiger partial charge in [0, 0.05) is 32.1 Å². The fourth-order valence-corrected chi connectivity index (χ4v) is 6.94. The standard InChI is InChI=1S/C24H39N3O3S/c1-18-17-19(2)21(4)23(20(18)3)31(29,30)27-14-9-22(10-15-27)24(28)25-11-16-26-12-7-5-6-8-13-26/h17,22H,5-16H2,1-4H3,(H,25,28). The van der Waals surface area contributed by atoms with Crippen LogP contribution in [0.15, 0.2) is 11.0 Å². The Bertz CT molecular complexity index is 856. The lowest BCUT2D eigenvalue weighted by molar-refractivity contribution is -0.126. The second-order valence-electron chi connectivity index (χ2n) is 9.31. The molecule has 2 fully saturated rings. The third-order valence-electron chi connectivity index (χ3n) is 7.15. The van der Waals surface area contributed by atoms with Gasteiger partial charge >= 0.3 is 0 Å². The molecule has 2 saturated heterocycles. The van der Waals surface area contributed by atoms with Crippen LogP contribution in [0.4, 0.5) is 0 Å². The number of hydrogen-bond donors (Lipinski definition) is 1. The Labute approximate surface area is 188 Å². The number of benzene rings is 1. The molecule has 6 nitrogen and oxygen atoms in total.